The zero-order valence-corrected chi connectivity index (χ0v) is 14.4. The van der Waals surface area contributed by atoms with Gasteiger partial charge in [0.15, 0.2) is 5.78 Å². The lowest BCUT2D eigenvalue weighted by Gasteiger charge is -2.14. The van der Waals surface area contributed by atoms with Gasteiger partial charge in [-0.2, -0.15) is 0 Å². The van der Waals surface area contributed by atoms with Gasteiger partial charge in [0.05, 0.1) is 12.5 Å². The number of carbonyl (C=O) groups is 2. The number of ketones is 1. The molecule has 0 radical (unpaired) electrons. The fourth-order valence-corrected chi connectivity index (χ4v) is 2.34. The lowest BCUT2D eigenvalue weighted by Crippen LogP contribution is -2.24. The first kappa shape index (κ1) is 19.1. The van der Waals surface area contributed by atoms with Gasteiger partial charge < -0.3 is 14.9 Å². The van der Waals surface area contributed by atoms with Gasteiger partial charge >= 0.3 is 5.97 Å². The maximum absolute atomic E-state index is 12.5. The van der Waals surface area contributed by atoms with Gasteiger partial charge in [0.2, 0.25) is 0 Å². The van der Waals surface area contributed by atoms with Crippen molar-refractivity contribution in [2.45, 2.75) is 18.9 Å². The average molecular weight is 363 g/mol. The van der Waals surface area contributed by atoms with Crippen molar-refractivity contribution in [3.05, 3.63) is 70.2 Å². The highest BCUT2D eigenvalue weighted by atomic mass is 35.5. The molecule has 2 N–H and O–H groups in total. The van der Waals surface area contributed by atoms with Crippen molar-refractivity contribution in [2.24, 2.45) is 0 Å². The van der Waals surface area contributed by atoms with Gasteiger partial charge in [-0.05, 0) is 42.8 Å². The van der Waals surface area contributed by atoms with Crippen LogP contribution in [0.25, 0.3) is 0 Å². The maximum Gasteiger partial charge on any atom is 0.313 e. The highest BCUT2D eigenvalue weighted by Gasteiger charge is 2.19. The van der Waals surface area contributed by atoms with Crippen LogP contribution in [0.4, 0.5) is 0 Å². The molecule has 0 aliphatic carbocycles. The van der Waals surface area contributed by atoms with E-state index in [9.17, 15) is 14.7 Å². The van der Waals surface area contributed by atoms with E-state index in [1.807, 2.05) is 0 Å². The number of ether oxygens (including phenoxy) is 1. The summed E-state index contributed by atoms with van der Waals surface area (Å²) in [4.78, 5) is 24.6. The molecule has 0 saturated carbocycles. The molecule has 2 aromatic rings. The number of halogens is 1. The van der Waals surface area contributed by atoms with Crippen LogP contribution in [0.15, 0.2) is 48.5 Å². The highest BCUT2D eigenvalue weighted by Crippen LogP contribution is 2.21. The van der Waals surface area contributed by atoms with Crippen molar-refractivity contribution in [1.82, 2.24) is 0 Å². The quantitative estimate of drug-likeness (QED) is 0.584. The highest BCUT2D eigenvalue weighted by molar-refractivity contribution is 6.30. The summed E-state index contributed by atoms with van der Waals surface area (Å²) in [5.74, 6) is -1.32. The van der Waals surface area contributed by atoms with Crippen molar-refractivity contribution in [3.8, 4) is 0 Å². The summed E-state index contributed by atoms with van der Waals surface area (Å²) in [7, 11) is 0. The second-order valence-corrected chi connectivity index (χ2v) is 6.09. The van der Waals surface area contributed by atoms with Crippen LogP contribution in [0.2, 0.25) is 5.02 Å². The maximum atomic E-state index is 12.5. The molecule has 0 aliphatic rings. The van der Waals surface area contributed by atoms with E-state index >= 15 is 0 Å². The standard InChI is InChI=1S/C19H19ClO5/c1-12(19(24)25-11-17(22)10-21)14-3-2-4-15(9-14)18(23)13-5-7-16(20)8-6-13/h2-9,12,17,21-22H,10-11H2,1H3. The predicted molar refractivity (Wildman–Crippen MR) is 93.8 cm³/mol. The fraction of sp³-hybridized carbons (Fsp3) is 0.263. The van der Waals surface area contributed by atoms with Gasteiger partial charge in [-0.1, -0.05) is 29.8 Å². The molecule has 6 heteroatoms. The number of aliphatic hydroxyl groups excluding tert-OH is 2. The monoisotopic (exact) mass is 362 g/mol. The zero-order chi connectivity index (χ0) is 18.4. The molecule has 0 saturated heterocycles. The molecule has 0 amide bonds. The van der Waals surface area contributed by atoms with Crippen LogP contribution in [0, 0.1) is 0 Å². The lowest BCUT2D eigenvalue weighted by molar-refractivity contribution is -0.148. The van der Waals surface area contributed by atoms with E-state index < -0.39 is 24.6 Å². The van der Waals surface area contributed by atoms with E-state index in [1.54, 1.807) is 55.5 Å². The molecule has 0 aromatic heterocycles. The zero-order valence-electron chi connectivity index (χ0n) is 13.7. The van der Waals surface area contributed by atoms with Gasteiger partial charge in [0.1, 0.15) is 12.7 Å². The Balaban J connectivity index is 2.13. The average Bonchev–Trinajstić information content (AvgIpc) is 2.65. The van der Waals surface area contributed by atoms with Gasteiger partial charge in [-0.15, -0.1) is 0 Å². The van der Waals surface area contributed by atoms with Crippen molar-refractivity contribution < 1.29 is 24.5 Å². The van der Waals surface area contributed by atoms with E-state index in [4.69, 9.17) is 21.4 Å². The summed E-state index contributed by atoms with van der Waals surface area (Å²) in [6.07, 6.45) is -1.10. The summed E-state index contributed by atoms with van der Waals surface area (Å²) >= 11 is 5.83. The molecule has 25 heavy (non-hydrogen) atoms. The van der Waals surface area contributed by atoms with Crippen LogP contribution in [0.5, 0.6) is 0 Å². The van der Waals surface area contributed by atoms with Crippen LogP contribution >= 0.6 is 11.6 Å². The molecule has 2 rings (SSSR count). The van der Waals surface area contributed by atoms with Crippen LogP contribution in [0.1, 0.15) is 34.3 Å². The smallest absolute Gasteiger partial charge is 0.313 e. The van der Waals surface area contributed by atoms with Crippen molar-refractivity contribution in [2.75, 3.05) is 13.2 Å². The normalized spacial score (nSPS) is 13.1. The van der Waals surface area contributed by atoms with E-state index in [-0.39, 0.29) is 12.4 Å². The third-order valence-corrected chi connectivity index (χ3v) is 3.99. The van der Waals surface area contributed by atoms with E-state index in [1.165, 1.54) is 0 Å². The third-order valence-electron chi connectivity index (χ3n) is 3.74. The summed E-state index contributed by atoms with van der Waals surface area (Å²) in [6, 6.07) is 13.3. The molecule has 2 aromatic carbocycles. The second kappa shape index (κ2) is 8.76. The largest absolute Gasteiger partial charge is 0.462 e. The Kier molecular flexibility index (Phi) is 6.70. The SMILES string of the molecule is CC(C(=O)OCC(O)CO)c1cccc(C(=O)c2ccc(Cl)cc2)c1. The Bertz CT molecular complexity index is 742. The molecule has 132 valence electrons. The van der Waals surface area contributed by atoms with E-state index in [0.717, 1.165) is 0 Å². The Morgan fingerprint density at radius 3 is 2.44 bits per heavy atom. The topological polar surface area (TPSA) is 83.8 Å². The number of rotatable bonds is 7. The second-order valence-electron chi connectivity index (χ2n) is 5.65. The minimum atomic E-state index is -1.10. The number of benzene rings is 2. The number of esters is 1. The Labute approximate surface area is 150 Å². The molecule has 0 heterocycles. The summed E-state index contributed by atoms with van der Waals surface area (Å²) in [6.45, 7) is 0.898. The van der Waals surface area contributed by atoms with Gasteiger partial charge in [0.25, 0.3) is 0 Å². The van der Waals surface area contributed by atoms with Crippen LogP contribution in [-0.2, 0) is 9.53 Å². The number of aliphatic hydroxyl groups is 2. The summed E-state index contributed by atoms with van der Waals surface area (Å²) in [5.41, 5.74) is 1.58. The molecule has 5 nitrogen and oxygen atoms in total. The molecule has 0 bridgehead atoms. The van der Waals surface area contributed by atoms with Crippen LogP contribution < -0.4 is 0 Å². The molecule has 0 spiro atoms. The number of hydrogen-bond donors (Lipinski definition) is 2. The van der Waals surface area contributed by atoms with Gasteiger partial charge in [0, 0.05) is 16.1 Å². The van der Waals surface area contributed by atoms with Crippen molar-refractivity contribution in [3.63, 3.8) is 0 Å². The minimum absolute atomic E-state index is 0.171. The number of hydrogen-bond acceptors (Lipinski definition) is 5. The summed E-state index contributed by atoms with van der Waals surface area (Å²) < 4.78 is 4.96. The number of carbonyl (C=O) groups excluding carboxylic acids is 2. The molecule has 0 fully saturated rings. The Morgan fingerprint density at radius 1 is 1.12 bits per heavy atom. The lowest BCUT2D eigenvalue weighted by atomic mass is 9.96. The summed E-state index contributed by atoms with van der Waals surface area (Å²) in [5, 5.41) is 18.5. The van der Waals surface area contributed by atoms with E-state index in [0.29, 0.717) is 21.7 Å². The fourth-order valence-electron chi connectivity index (χ4n) is 2.21. The first-order chi connectivity index (χ1) is 11.9. The third kappa shape index (κ3) is 5.13. The van der Waals surface area contributed by atoms with Crippen LogP contribution in [-0.4, -0.2) is 41.3 Å². The molecular formula is C19H19ClO5. The van der Waals surface area contributed by atoms with Gasteiger partial charge in [-0.25, -0.2) is 0 Å². The Hall–Kier alpha value is -2.21. The minimum Gasteiger partial charge on any atom is -0.462 e. The predicted octanol–water partition coefficient (Wildman–Crippen LogP) is 2.57. The first-order valence-electron chi connectivity index (χ1n) is 7.78. The Morgan fingerprint density at radius 2 is 1.80 bits per heavy atom. The van der Waals surface area contributed by atoms with Crippen molar-refractivity contribution in [1.29, 1.82) is 0 Å². The van der Waals surface area contributed by atoms with E-state index in [2.05, 4.69) is 0 Å². The molecule has 0 aliphatic heterocycles. The van der Waals surface area contributed by atoms with Crippen LogP contribution in [0.3, 0.4) is 0 Å². The van der Waals surface area contributed by atoms with Gasteiger partial charge in [-0.3, -0.25) is 9.59 Å². The molecule has 2 atom stereocenters. The first-order valence-corrected chi connectivity index (χ1v) is 8.16. The van der Waals surface area contributed by atoms with Crippen molar-refractivity contribution >= 4 is 23.4 Å². The molecular weight excluding hydrogens is 344 g/mol. The molecule has 2 unspecified atom stereocenters.